The van der Waals surface area contributed by atoms with Crippen molar-refractivity contribution >= 4 is 17.3 Å². The predicted molar refractivity (Wildman–Crippen MR) is 85.5 cm³/mol. The molecule has 2 saturated carbocycles. The van der Waals surface area contributed by atoms with Crippen LogP contribution in [0.25, 0.3) is 0 Å². The van der Waals surface area contributed by atoms with Crippen molar-refractivity contribution in [2.24, 2.45) is 11.3 Å². The Kier molecular flexibility index (Phi) is 4.36. The number of carboxylic acids is 1. The van der Waals surface area contributed by atoms with Gasteiger partial charge in [-0.15, -0.1) is 11.3 Å². The number of aliphatic carboxylic acids is 1. The van der Waals surface area contributed by atoms with Crippen molar-refractivity contribution in [1.29, 1.82) is 0 Å². The van der Waals surface area contributed by atoms with Gasteiger partial charge in [-0.05, 0) is 43.0 Å². The second-order valence-corrected chi connectivity index (χ2v) is 8.03. The maximum Gasteiger partial charge on any atom is 0.310 e. The molecule has 2 aliphatic rings. The SMILES string of the molecule is CC1CCCC(CN(Cc2cccs2)C2CC2)(C(=O)O)C1. The normalized spacial score (nSPS) is 29.7. The molecule has 1 heterocycles. The van der Waals surface area contributed by atoms with Crippen LogP contribution in [0.2, 0.25) is 0 Å². The highest BCUT2D eigenvalue weighted by Crippen LogP contribution is 2.42. The van der Waals surface area contributed by atoms with Gasteiger partial charge in [0, 0.05) is 24.0 Å². The third-order valence-corrected chi connectivity index (χ3v) is 5.91. The van der Waals surface area contributed by atoms with Crippen molar-refractivity contribution in [3.8, 4) is 0 Å². The van der Waals surface area contributed by atoms with E-state index in [4.69, 9.17) is 0 Å². The lowest BCUT2D eigenvalue weighted by molar-refractivity contribution is -0.154. The fourth-order valence-electron chi connectivity index (χ4n) is 3.81. The van der Waals surface area contributed by atoms with Crippen LogP contribution < -0.4 is 0 Å². The minimum Gasteiger partial charge on any atom is -0.481 e. The number of rotatable bonds is 6. The summed E-state index contributed by atoms with van der Waals surface area (Å²) in [4.78, 5) is 15.8. The summed E-state index contributed by atoms with van der Waals surface area (Å²) < 4.78 is 0. The maximum absolute atomic E-state index is 12.0. The largest absolute Gasteiger partial charge is 0.481 e. The number of carboxylic acid groups (broad SMARTS) is 1. The minimum absolute atomic E-state index is 0.516. The average molecular weight is 307 g/mol. The van der Waals surface area contributed by atoms with Crippen LogP contribution in [-0.4, -0.2) is 28.6 Å². The van der Waals surface area contributed by atoms with Gasteiger partial charge in [-0.2, -0.15) is 0 Å². The predicted octanol–water partition coefficient (Wildman–Crippen LogP) is 3.99. The minimum atomic E-state index is -0.578. The number of hydrogen-bond acceptors (Lipinski definition) is 3. The monoisotopic (exact) mass is 307 g/mol. The third-order valence-electron chi connectivity index (χ3n) is 5.05. The smallest absolute Gasteiger partial charge is 0.310 e. The van der Waals surface area contributed by atoms with Crippen LogP contribution in [0.3, 0.4) is 0 Å². The van der Waals surface area contributed by atoms with Gasteiger partial charge in [0.15, 0.2) is 0 Å². The number of hydrogen-bond donors (Lipinski definition) is 1. The van der Waals surface area contributed by atoms with Gasteiger partial charge in [0.2, 0.25) is 0 Å². The van der Waals surface area contributed by atoms with Crippen LogP contribution >= 0.6 is 11.3 Å². The summed E-state index contributed by atoms with van der Waals surface area (Å²) in [5.41, 5.74) is -0.516. The lowest BCUT2D eigenvalue weighted by Crippen LogP contribution is -2.46. The Bertz CT molecular complexity index is 483. The zero-order valence-corrected chi connectivity index (χ0v) is 13.6. The van der Waals surface area contributed by atoms with E-state index < -0.39 is 11.4 Å². The topological polar surface area (TPSA) is 40.5 Å². The van der Waals surface area contributed by atoms with Crippen LogP contribution in [0.5, 0.6) is 0 Å². The van der Waals surface area contributed by atoms with Gasteiger partial charge in [-0.1, -0.05) is 25.8 Å². The molecule has 0 aliphatic heterocycles. The summed E-state index contributed by atoms with van der Waals surface area (Å²) in [6, 6.07) is 4.86. The van der Waals surface area contributed by atoms with Crippen LogP contribution in [0.1, 0.15) is 50.3 Å². The standard InChI is InChI=1S/C17H25NO2S/c1-13-4-2-8-17(10-13,16(19)20)12-18(14-6-7-14)11-15-5-3-9-21-15/h3,5,9,13-14H,2,4,6-8,10-12H2,1H3,(H,19,20). The highest BCUT2D eigenvalue weighted by atomic mass is 32.1. The Balaban J connectivity index is 1.74. The van der Waals surface area contributed by atoms with Crippen LogP contribution in [0, 0.1) is 11.3 Å². The Morgan fingerprint density at radius 2 is 2.29 bits per heavy atom. The Labute approximate surface area is 131 Å². The van der Waals surface area contributed by atoms with Crippen LogP contribution in [0.4, 0.5) is 0 Å². The molecule has 2 fully saturated rings. The molecule has 0 aromatic carbocycles. The first-order valence-corrected chi connectivity index (χ1v) is 8.97. The molecule has 1 aromatic rings. The van der Waals surface area contributed by atoms with E-state index in [0.29, 0.717) is 12.0 Å². The number of nitrogens with zero attached hydrogens (tertiary/aromatic N) is 1. The molecule has 3 rings (SSSR count). The maximum atomic E-state index is 12.0. The summed E-state index contributed by atoms with van der Waals surface area (Å²) >= 11 is 1.78. The number of carbonyl (C=O) groups is 1. The Hall–Kier alpha value is -0.870. The summed E-state index contributed by atoms with van der Waals surface area (Å²) in [6.45, 7) is 3.86. The molecule has 3 nitrogen and oxygen atoms in total. The van der Waals surface area contributed by atoms with Crippen molar-refractivity contribution in [3.05, 3.63) is 22.4 Å². The van der Waals surface area contributed by atoms with Gasteiger partial charge < -0.3 is 5.11 Å². The molecule has 1 aromatic heterocycles. The molecular formula is C17H25NO2S. The molecule has 0 bridgehead atoms. The molecule has 0 amide bonds. The average Bonchev–Trinajstić information content (AvgIpc) is 3.17. The number of thiophene rings is 1. The molecule has 2 atom stereocenters. The van der Waals surface area contributed by atoms with E-state index in [2.05, 4.69) is 29.3 Å². The molecule has 4 heteroatoms. The van der Waals surface area contributed by atoms with Crippen molar-refractivity contribution in [2.75, 3.05) is 6.54 Å². The third kappa shape index (κ3) is 3.49. The van der Waals surface area contributed by atoms with Gasteiger partial charge in [0.25, 0.3) is 0 Å². The quantitative estimate of drug-likeness (QED) is 0.864. The Morgan fingerprint density at radius 3 is 2.86 bits per heavy atom. The summed E-state index contributed by atoms with van der Waals surface area (Å²) in [5, 5.41) is 12.0. The first kappa shape index (κ1) is 15.0. The van der Waals surface area contributed by atoms with E-state index in [-0.39, 0.29) is 0 Å². The summed E-state index contributed by atoms with van der Waals surface area (Å²) in [5.74, 6) is -0.0384. The van der Waals surface area contributed by atoms with E-state index in [1.165, 1.54) is 24.1 Å². The van der Waals surface area contributed by atoms with E-state index in [1.54, 1.807) is 11.3 Å². The Morgan fingerprint density at radius 1 is 1.48 bits per heavy atom. The van der Waals surface area contributed by atoms with Gasteiger partial charge in [-0.3, -0.25) is 9.69 Å². The lowest BCUT2D eigenvalue weighted by Gasteiger charge is -2.40. The van der Waals surface area contributed by atoms with Gasteiger partial charge in [-0.25, -0.2) is 0 Å². The van der Waals surface area contributed by atoms with Crippen molar-refractivity contribution in [1.82, 2.24) is 4.90 Å². The molecule has 21 heavy (non-hydrogen) atoms. The van der Waals surface area contributed by atoms with Gasteiger partial charge in [0.05, 0.1) is 5.41 Å². The first-order valence-electron chi connectivity index (χ1n) is 8.09. The second-order valence-electron chi connectivity index (χ2n) is 7.00. The molecule has 2 unspecified atom stereocenters. The molecule has 0 radical (unpaired) electrons. The highest BCUT2D eigenvalue weighted by molar-refractivity contribution is 7.09. The zero-order chi connectivity index (χ0) is 14.9. The second kappa shape index (κ2) is 6.09. The molecule has 0 saturated heterocycles. The lowest BCUT2D eigenvalue weighted by atomic mass is 9.69. The fraction of sp³-hybridized carbons (Fsp3) is 0.706. The van der Waals surface area contributed by atoms with Crippen LogP contribution in [0.15, 0.2) is 17.5 Å². The van der Waals surface area contributed by atoms with Crippen LogP contribution in [-0.2, 0) is 11.3 Å². The molecule has 1 N–H and O–H groups in total. The fourth-order valence-corrected chi connectivity index (χ4v) is 4.54. The van der Waals surface area contributed by atoms with Crippen molar-refractivity contribution in [3.63, 3.8) is 0 Å². The molecule has 116 valence electrons. The molecule has 0 spiro atoms. The highest BCUT2D eigenvalue weighted by Gasteiger charge is 2.45. The summed E-state index contributed by atoms with van der Waals surface area (Å²) in [6.07, 6.45) is 6.40. The van der Waals surface area contributed by atoms with E-state index in [1.807, 2.05) is 0 Å². The summed E-state index contributed by atoms with van der Waals surface area (Å²) in [7, 11) is 0. The van der Waals surface area contributed by atoms with E-state index >= 15 is 0 Å². The van der Waals surface area contributed by atoms with Gasteiger partial charge >= 0.3 is 5.97 Å². The van der Waals surface area contributed by atoms with Crippen molar-refractivity contribution in [2.45, 2.75) is 58.0 Å². The first-order chi connectivity index (χ1) is 10.1. The van der Waals surface area contributed by atoms with E-state index in [9.17, 15) is 9.90 Å². The van der Waals surface area contributed by atoms with E-state index in [0.717, 1.165) is 32.4 Å². The molecular weight excluding hydrogens is 282 g/mol. The molecule has 2 aliphatic carbocycles. The van der Waals surface area contributed by atoms with Crippen molar-refractivity contribution < 1.29 is 9.90 Å². The zero-order valence-electron chi connectivity index (χ0n) is 12.8. The van der Waals surface area contributed by atoms with Gasteiger partial charge in [0.1, 0.15) is 0 Å².